The maximum Gasteiger partial charge on any atom is 0.412 e. The Morgan fingerprint density at radius 3 is 3.08 bits per heavy atom. The number of carbonyl (C=O) groups is 1. The van der Waals surface area contributed by atoms with Gasteiger partial charge in [-0.25, -0.2) is 4.79 Å². The summed E-state index contributed by atoms with van der Waals surface area (Å²) in [6.45, 7) is 5.46. The second-order valence-electron chi connectivity index (χ2n) is 2.63. The fourth-order valence-corrected chi connectivity index (χ4v) is 0.747. The van der Waals surface area contributed by atoms with Crippen LogP contribution in [-0.4, -0.2) is 18.4 Å². The third-order valence-electron chi connectivity index (χ3n) is 1.37. The highest BCUT2D eigenvalue weighted by Crippen LogP contribution is 2.01. The number of cyclic esters (lactones) is 1. The van der Waals surface area contributed by atoms with Crippen molar-refractivity contribution in [1.82, 2.24) is 5.32 Å². The second kappa shape index (κ2) is 3.75. The summed E-state index contributed by atoms with van der Waals surface area (Å²) in [5.41, 5.74) is 6.99. The van der Waals surface area contributed by atoms with E-state index in [0.29, 0.717) is 17.1 Å². The zero-order valence-corrected chi connectivity index (χ0v) is 7.33. The van der Waals surface area contributed by atoms with Crippen LogP contribution in [0.25, 0.3) is 0 Å². The molecule has 1 rings (SSSR count). The predicted octanol–water partition coefficient (Wildman–Crippen LogP) is 0.501. The number of nitrogens with one attached hydrogen (secondary N) is 1. The first-order valence-electron chi connectivity index (χ1n) is 3.71. The van der Waals surface area contributed by atoms with Crippen molar-refractivity contribution in [3.05, 3.63) is 24.2 Å². The molecular formula is C8H11N3O2. The molecule has 5 heteroatoms. The number of alkyl carbamates (subject to hydrolysis) is 1. The van der Waals surface area contributed by atoms with E-state index in [-0.39, 0.29) is 6.61 Å². The number of amides is 1. The summed E-state index contributed by atoms with van der Waals surface area (Å²) in [6.07, 6.45) is 0.985. The number of hydrogen-bond acceptors (Lipinski definition) is 4. The molecule has 5 nitrogen and oxygen atoms in total. The molecule has 0 spiro atoms. The van der Waals surface area contributed by atoms with Gasteiger partial charge in [0, 0.05) is 11.9 Å². The summed E-state index contributed by atoms with van der Waals surface area (Å²) in [5.74, 6) is 0. The Hall–Kier alpha value is -1.78. The SMILES string of the molecule is C=C1NC(=O)OCC1=N/C=C(/C)N. The molecule has 1 aliphatic rings. The summed E-state index contributed by atoms with van der Waals surface area (Å²) in [6, 6.07) is 0. The van der Waals surface area contributed by atoms with Crippen molar-refractivity contribution in [1.29, 1.82) is 0 Å². The van der Waals surface area contributed by atoms with E-state index in [4.69, 9.17) is 5.73 Å². The minimum absolute atomic E-state index is 0.133. The number of aliphatic imine (C=N–C) groups is 1. The average Bonchev–Trinajstić information content (AvgIpc) is 2.02. The summed E-state index contributed by atoms with van der Waals surface area (Å²) < 4.78 is 4.68. The number of hydrogen-bond donors (Lipinski definition) is 2. The van der Waals surface area contributed by atoms with E-state index >= 15 is 0 Å². The molecule has 0 aromatic rings. The maximum absolute atomic E-state index is 10.7. The van der Waals surface area contributed by atoms with Crippen LogP contribution in [0.15, 0.2) is 29.2 Å². The molecule has 1 fully saturated rings. The van der Waals surface area contributed by atoms with Gasteiger partial charge < -0.3 is 10.5 Å². The monoisotopic (exact) mass is 181 g/mol. The Labute approximate surface area is 76.0 Å². The van der Waals surface area contributed by atoms with E-state index in [1.165, 1.54) is 6.20 Å². The zero-order chi connectivity index (χ0) is 9.84. The summed E-state index contributed by atoms with van der Waals surface area (Å²) in [4.78, 5) is 14.7. The smallest absolute Gasteiger partial charge is 0.412 e. The molecule has 1 saturated heterocycles. The number of allylic oxidation sites excluding steroid dienone is 1. The van der Waals surface area contributed by atoms with Crippen LogP contribution in [0.4, 0.5) is 4.79 Å². The summed E-state index contributed by atoms with van der Waals surface area (Å²) in [7, 11) is 0. The Bertz CT molecular complexity index is 301. The van der Waals surface area contributed by atoms with Crippen LogP contribution in [0.3, 0.4) is 0 Å². The lowest BCUT2D eigenvalue weighted by Gasteiger charge is -2.16. The largest absolute Gasteiger partial charge is 0.443 e. The molecule has 0 atom stereocenters. The van der Waals surface area contributed by atoms with Gasteiger partial charge in [-0.05, 0) is 6.92 Å². The third kappa shape index (κ3) is 2.62. The van der Waals surface area contributed by atoms with Crippen LogP contribution in [-0.2, 0) is 4.74 Å². The molecule has 0 unspecified atom stereocenters. The van der Waals surface area contributed by atoms with Gasteiger partial charge in [-0.3, -0.25) is 10.3 Å². The van der Waals surface area contributed by atoms with E-state index in [0.717, 1.165) is 0 Å². The fourth-order valence-electron chi connectivity index (χ4n) is 0.747. The van der Waals surface area contributed by atoms with E-state index in [2.05, 4.69) is 21.6 Å². The molecule has 0 aromatic carbocycles. The Kier molecular flexibility index (Phi) is 2.69. The molecule has 0 bridgehead atoms. The highest BCUT2D eigenvalue weighted by atomic mass is 16.6. The maximum atomic E-state index is 10.7. The van der Waals surface area contributed by atoms with Gasteiger partial charge >= 0.3 is 6.09 Å². The highest BCUT2D eigenvalue weighted by Gasteiger charge is 2.16. The molecule has 70 valence electrons. The minimum atomic E-state index is -0.502. The van der Waals surface area contributed by atoms with E-state index in [1.54, 1.807) is 6.92 Å². The number of nitrogens with zero attached hydrogens (tertiary/aromatic N) is 1. The molecule has 0 aliphatic carbocycles. The Balaban J connectivity index is 2.72. The van der Waals surface area contributed by atoms with Crippen molar-refractivity contribution in [2.75, 3.05) is 6.61 Å². The number of nitrogens with two attached hydrogens (primary N) is 1. The lowest BCUT2D eigenvalue weighted by atomic mass is 10.3. The average molecular weight is 181 g/mol. The van der Waals surface area contributed by atoms with Gasteiger partial charge in [0.05, 0.1) is 5.70 Å². The minimum Gasteiger partial charge on any atom is -0.443 e. The zero-order valence-electron chi connectivity index (χ0n) is 7.33. The number of carbonyl (C=O) groups excluding carboxylic acids is 1. The van der Waals surface area contributed by atoms with Gasteiger partial charge in [0.2, 0.25) is 0 Å². The van der Waals surface area contributed by atoms with E-state index < -0.39 is 6.09 Å². The molecule has 1 heterocycles. The standard InChI is InChI=1S/C8H11N3O2/c1-5(9)3-10-7-4-13-8(12)11-6(7)2/h3H,2,4,9H2,1H3,(H,11,12)/b5-3-,10-7?. The Morgan fingerprint density at radius 1 is 1.85 bits per heavy atom. The number of rotatable bonds is 1. The van der Waals surface area contributed by atoms with Crippen molar-refractivity contribution < 1.29 is 9.53 Å². The second-order valence-corrected chi connectivity index (χ2v) is 2.63. The summed E-state index contributed by atoms with van der Waals surface area (Å²) >= 11 is 0. The molecule has 1 amide bonds. The van der Waals surface area contributed by atoms with Crippen LogP contribution in [0.2, 0.25) is 0 Å². The molecule has 1 aliphatic heterocycles. The lowest BCUT2D eigenvalue weighted by molar-refractivity contribution is 0.161. The van der Waals surface area contributed by atoms with Gasteiger partial charge in [0.1, 0.15) is 12.3 Å². The Morgan fingerprint density at radius 2 is 2.54 bits per heavy atom. The molecule has 0 saturated carbocycles. The summed E-state index contributed by atoms with van der Waals surface area (Å²) in [5, 5.41) is 2.40. The van der Waals surface area contributed by atoms with Crippen molar-refractivity contribution in [3.8, 4) is 0 Å². The van der Waals surface area contributed by atoms with Gasteiger partial charge in [0.15, 0.2) is 0 Å². The fraction of sp³-hybridized carbons (Fsp3) is 0.250. The quantitative estimate of drug-likeness (QED) is 0.618. The lowest BCUT2D eigenvalue weighted by Crippen LogP contribution is -2.36. The third-order valence-corrected chi connectivity index (χ3v) is 1.37. The first-order valence-corrected chi connectivity index (χ1v) is 3.71. The normalized spacial score (nSPS) is 21.3. The number of ether oxygens (including phenoxy) is 1. The van der Waals surface area contributed by atoms with Crippen LogP contribution >= 0.6 is 0 Å². The first-order chi connectivity index (χ1) is 6.09. The van der Waals surface area contributed by atoms with Gasteiger partial charge in [-0.2, -0.15) is 0 Å². The molecule has 13 heavy (non-hydrogen) atoms. The predicted molar refractivity (Wildman–Crippen MR) is 49.0 cm³/mol. The van der Waals surface area contributed by atoms with Gasteiger partial charge in [-0.15, -0.1) is 0 Å². The van der Waals surface area contributed by atoms with Crippen molar-refractivity contribution in [3.63, 3.8) is 0 Å². The van der Waals surface area contributed by atoms with Gasteiger partial charge in [0.25, 0.3) is 0 Å². The van der Waals surface area contributed by atoms with Crippen LogP contribution < -0.4 is 11.1 Å². The topological polar surface area (TPSA) is 76.7 Å². The van der Waals surface area contributed by atoms with Crippen LogP contribution in [0.1, 0.15) is 6.92 Å². The van der Waals surface area contributed by atoms with Crippen molar-refractivity contribution in [2.24, 2.45) is 10.7 Å². The van der Waals surface area contributed by atoms with E-state index in [9.17, 15) is 4.79 Å². The molecule has 3 N–H and O–H groups in total. The van der Waals surface area contributed by atoms with Crippen molar-refractivity contribution in [2.45, 2.75) is 6.92 Å². The van der Waals surface area contributed by atoms with Crippen LogP contribution in [0, 0.1) is 0 Å². The van der Waals surface area contributed by atoms with Gasteiger partial charge in [-0.1, -0.05) is 6.58 Å². The molecule has 0 radical (unpaired) electrons. The van der Waals surface area contributed by atoms with Crippen LogP contribution in [0.5, 0.6) is 0 Å². The highest BCUT2D eigenvalue weighted by molar-refractivity contribution is 6.05. The van der Waals surface area contributed by atoms with E-state index in [1.807, 2.05) is 0 Å². The molecule has 0 aromatic heterocycles. The molecular weight excluding hydrogens is 170 g/mol. The first kappa shape index (κ1) is 9.31. The van der Waals surface area contributed by atoms with Crippen molar-refractivity contribution >= 4 is 11.8 Å².